The smallest absolute Gasteiger partial charge is 1.00 e. The van der Waals surface area contributed by atoms with Crippen molar-refractivity contribution in [2.24, 2.45) is 0 Å². The molecule has 0 amide bonds. The number of carbonyl (C=O) groups is 1. The van der Waals surface area contributed by atoms with Crippen molar-refractivity contribution in [3.63, 3.8) is 0 Å². The molecule has 6 aromatic rings. The van der Waals surface area contributed by atoms with Gasteiger partial charge in [0, 0.05) is 26.2 Å². The topological polar surface area (TPSA) is 17.1 Å². The third kappa shape index (κ3) is 8.36. The van der Waals surface area contributed by atoms with E-state index >= 15 is 0 Å². The van der Waals surface area contributed by atoms with Gasteiger partial charge in [-0.1, -0.05) is 100 Å². The van der Waals surface area contributed by atoms with Gasteiger partial charge in [-0.3, -0.25) is 4.79 Å². The number of ketones is 1. The Morgan fingerprint density at radius 1 is 0.444 bits per heavy atom. The van der Waals surface area contributed by atoms with Crippen LogP contribution in [0.1, 0.15) is 67.2 Å². The van der Waals surface area contributed by atoms with Crippen molar-refractivity contribution in [3.8, 4) is 22.3 Å². The number of hydrogen-bond donors (Lipinski definition) is 0. The van der Waals surface area contributed by atoms with E-state index in [1.165, 1.54) is 69.0 Å². The fraction of sp³-hybridized carbons (Fsp3) is 0.260. The summed E-state index contributed by atoms with van der Waals surface area (Å²) in [6.07, 6.45) is -24.9. The van der Waals surface area contributed by atoms with E-state index in [1.54, 1.807) is 6.92 Å². The van der Waals surface area contributed by atoms with Crippen LogP contribution in [0.25, 0.3) is 22.3 Å². The molecule has 72 heavy (non-hydrogen) atoms. The number of halogens is 18. The molecule has 0 aromatic heterocycles. The van der Waals surface area contributed by atoms with Gasteiger partial charge in [-0.2, -0.15) is 0 Å². The number of fused-ring (bicyclic) bond motifs is 6. The Morgan fingerprint density at radius 3 is 1.32 bits per heavy atom. The molecule has 0 radical (unpaired) electrons. The van der Waals surface area contributed by atoms with Crippen LogP contribution >= 0.6 is 19.0 Å². The van der Waals surface area contributed by atoms with Crippen LogP contribution in [0.2, 0.25) is 0 Å². The zero-order valence-corrected chi connectivity index (χ0v) is 40.2. The Labute approximate surface area is 407 Å². The molecule has 1 atom stereocenters. The van der Waals surface area contributed by atoms with Crippen LogP contribution in [0.3, 0.4) is 0 Å². The Morgan fingerprint density at radius 2 is 0.819 bits per heavy atom. The van der Waals surface area contributed by atoms with Crippen molar-refractivity contribution in [1.82, 2.24) is 0 Å². The average molecular weight is 1090 g/mol. The molecule has 386 valence electrons. The maximum atomic E-state index is 13.4. The molecular formula is C50H37F18OPS2. The molecule has 2 aliphatic rings. The number of carbonyl (C=O) groups excluding carboxylic acids is 1. The molecule has 2 aliphatic carbocycles. The average Bonchev–Trinajstić information content (AvgIpc) is 3.64. The molecule has 0 bridgehead atoms. The van der Waals surface area contributed by atoms with Crippen molar-refractivity contribution in [1.29, 1.82) is 0 Å². The Balaban J connectivity index is 0.000000290. The van der Waals surface area contributed by atoms with Crippen molar-refractivity contribution >= 4 is 35.7 Å². The number of alkyl halides is 15. The van der Waals surface area contributed by atoms with Gasteiger partial charge in [-0.25, -0.2) is 0 Å². The fourth-order valence-corrected chi connectivity index (χ4v) is 14.1. The van der Waals surface area contributed by atoms with Gasteiger partial charge in [-0.15, -0.1) is 0 Å². The molecule has 6 aromatic carbocycles. The number of Topliss-reactive ketones (excluding diaryl/α,β-unsaturated/α-hetero) is 1. The molecule has 0 aliphatic heterocycles. The SMILES string of the molecule is CC(=O)c1ccc2c(c1)C(C)(C)c1cc(Sc3ccc([S+](c4ccccc4)c4ccc5c(c4)C(C)(C)c4ccccc4-5)cc3)ccc1-2.FC(F)(F)C(F)(F)P(F)(F)(C(F)(F)C(F)(F)F)C(F)(F)C(F)(F)F.[F-]. The third-order valence-corrected chi connectivity index (χ3v) is 19.6. The molecule has 0 saturated heterocycles. The van der Waals surface area contributed by atoms with Gasteiger partial charge in [0.1, 0.15) is 0 Å². The van der Waals surface area contributed by atoms with Crippen LogP contribution in [0.5, 0.6) is 0 Å². The summed E-state index contributed by atoms with van der Waals surface area (Å²) in [4.78, 5) is 18.6. The molecule has 22 heteroatoms. The molecule has 1 unspecified atom stereocenters. The quantitative estimate of drug-likeness (QED) is 0.0621. The van der Waals surface area contributed by atoms with E-state index in [9.17, 15) is 79.0 Å². The summed E-state index contributed by atoms with van der Waals surface area (Å²) in [6, 6.07) is 49.2. The van der Waals surface area contributed by atoms with Crippen molar-refractivity contribution in [3.05, 3.63) is 161 Å². The minimum atomic E-state index is -12.7. The summed E-state index contributed by atoms with van der Waals surface area (Å²) >= 11 is 1.81. The predicted octanol–water partition coefficient (Wildman–Crippen LogP) is 15.5. The Kier molecular flexibility index (Phi) is 14.1. The van der Waals surface area contributed by atoms with Crippen LogP contribution in [0.4, 0.5) is 74.3 Å². The Hall–Kier alpha value is -5.14. The standard InChI is InChI=1S/C44H37OS2.C6F17P.FH/c1-28(45)29-15-22-36-37-23-18-31(26-41(37)44(4,5)40(36)25-29)46-30-16-19-33(20-17-30)47(32-11-7-6-8-12-32)34-21-24-38-35-13-9-10-14-39(35)43(2,3)42(38)27-34;7-1(8,9)4(16,17)24(22,23,5(18,19)2(10,11)12)6(20,21)3(13,14)15;/h6-27H,1-5H3;;1H/q+1;;/p-1. The molecule has 0 N–H and O–H groups in total. The van der Waals surface area contributed by atoms with E-state index in [0.717, 1.165) is 5.56 Å². The van der Waals surface area contributed by atoms with Gasteiger partial charge in [0.05, 0.1) is 10.9 Å². The zero-order chi connectivity index (χ0) is 52.9. The van der Waals surface area contributed by atoms with Gasteiger partial charge in [-0.05, 0) is 124 Å². The van der Waals surface area contributed by atoms with E-state index in [-0.39, 0.29) is 32.2 Å². The number of rotatable bonds is 9. The second kappa shape index (κ2) is 18.1. The van der Waals surface area contributed by atoms with Gasteiger partial charge in [0.15, 0.2) is 20.5 Å². The third-order valence-electron chi connectivity index (χ3n) is 12.6. The van der Waals surface area contributed by atoms with Crippen LogP contribution in [-0.4, -0.2) is 41.3 Å². The molecule has 0 fully saturated rings. The maximum absolute atomic E-state index is 13.4. The molecule has 0 spiro atoms. The first-order chi connectivity index (χ1) is 32.4. The van der Waals surface area contributed by atoms with E-state index in [4.69, 9.17) is 0 Å². The van der Waals surface area contributed by atoms with E-state index in [0.29, 0.717) is 0 Å². The molecule has 8 rings (SSSR count). The Bertz CT molecular complexity index is 2960. The molecular weight excluding hydrogens is 1050 g/mol. The van der Waals surface area contributed by atoms with Gasteiger partial charge >= 0.3 is 117 Å². The van der Waals surface area contributed by atoms with E-state index < -0.39 is 42.7 Å². The van der Waals surface area contributed by atoms with E-state index in [1.807, 2.05) is 17.8 Å². The number of benzene rings is 6. The zero-order valence-electron chi connectivity index (χ0n) is 37.7. The maximum Gasteiger partial charge on any atom is -1.00 e. The summed E-state index contributed by atoms with van der Waals surface area (Å²) in [5.74, 6) is 0.111. The summed E-state index contributed by atoms with van der Waals surface area (Å²) in [6.45, 7) is 10.9. The first-order valence-electron chi connectivity index (χ1n) is 20.8. The van der Waals surface area contributed by atoms with Crippen LogP contribution in [0, 0.1) is 0 Å². The normalized spacial score (nSPS) is 16.1. The molecule has 0 saturated carbocycles. The van der Waals surface area contributed by atoms with Gasteiger partial charge < -0.3 is 4.70 Å². The summed E-state index contributed by atoms with van der Waals surface area (Å²) in [5.41, 5.74) is -15.9. The van der Waals surface area contributed by atoms with Crippen LogP contribution in [0.15, 0.2) is 158 Å². The first-order valence-corrected chi connectivity index (χ1v) is 24.9. The summed E-state index contributed by atoms with van der Waals surface area (Å²) in [5, 5.41) is 0. The monoisotopic (exact) mass is 1090 g/mol. The van der Waals surface area contributed by atoms with Crippen molar-refractivity contribution in [2.45, 2.75) is 105 Å². The summed E-state index contributed by atoms with van der Waals surface area (Å²) in [7, 11) is -13.0. The number of hydrogen-bond acceptors (Lipinski definition) is 2. The first kappa shape index (κ1) is 56.2. The molecule has 0 heterocycles. The largest absolute Gasteiger partial charge is 1.00 e. The minimum absolute atomic E-state index is 0. The van der Waals surface area contributed by atoms with Crippen LogP contribution < -0.4 is 4.70 Å². The fourth-order valence-electron chi connectivity index (χ4n) is 8.75. The van der Waals surface area contributed by atoms with Crippen molar-refractivity contribution in [2.75, 3.05) is 0 Å². The van der Waals surface area contributed by atoms with Crippen LogP contribution in [-0.2, 0) is 21.7 Å². The predicted molar refractivity (Wildman–Crippen MR) is 239 cm³/mol. The minimum Gasteiger partial charge on any atom is -1.00 e. The summed E-state index contributed by atoms with van der Waals surface area (Å²) < 4.78 is 209. The van der Waals surface area contributed by atoms with Gasteiger partial charge in [0.2, 0.25) is 0 Å². The van der Waals surface area contributed by atoms with Gasteiger partial charge in [0.25, 0.3) is 0 Å². The van der Waals surface area contributed by atoms with E-state index in [2.05, 4.69) is 155 Å². The van der Waals surface area contributed by atoms with Crippen molar-refractivity contribution < 1.29 is 83.7 Å². The molecule has 1 nitrogen and oxygen atoms in total. The second-order valence-corrected chi connectivity index (χ2v) is 24.4. The second-order valence-electron chi connectivity index (χ2n) is 17.7.